The Bertz CT molecular complexity index is 352. The molecule has 0 fully saturated rings. The molecule has 1 N–H and O–H groups in total. The van der Waals surface area contributed by atoms with Crippen LogP contribution in [0.25, 0.3) is 0 Å². The van der Waals surface area contributed by atoms with Crippen LogP contribution in [0.4, 0.5) is 0 Å². The van der Waals surface area contributed by atoms with Crippen LogP contribution in [-0.2, 0) is 6.54 Å². The van der Waals surface area contributed by atoms with Crippen molar-refractivity contribution >= 4 is 0 Å². The first-order valence-electron chi connectivity index (χ1n) is 5.13. The van der Waals surface area contributed by atoms with E-state index in [9.17, 15) is 0 Å². The Morgan fingerprint density at radius 2 is 1.94 bits per heavy atom. The molecule has 4 nitrogen and oxygen atoms in total. The smallest absolute Gasteiger partial charge is 0.127 e. The van der Waals surface area contributed by atoms with E-state index in [1.54, 1.807) is 19.1 Å². The van der Waals surface area contributed by atoms with Crippen molar-refractivity contribution in [2.45, 2.75) is 13.5 Å². The number of nitrogens with zero attached hydrogens (tertiary/aromatic N) is 1. The zero-order valence-corrected chi connectivity index (χ0v) is 10.3. The van der Waals surface area contributed by atoms with E-state index >= 15 is 0 Å². The minimum Gasteiger partial charge on any atom is -0.497 e. The van der Waals surface area contributed by atoms with Gasteiger partial charge in [0.25, 0.3) is 0 Å². The van der Waals surface area contributed by atoms with Crippen molar-refractivity contribution in [1.82, 2.24) is 4.90 Å². The van der Waals surface area contributed by atoms with Gasteiger partial charge in [-0.1, -0.05) is 0 Å². The third kappa shape index (κ3) is 2.87. The summed E-state index contributed by atoms with van der Waals surface area (Å²) in [4.78, 5) is 1.80. The van der Waals surface area contributed by atoms with Gasteiger partial charge in [-0.3, -0.25) is 4.90 Å². The molecule has 0 radical (unpaired) electrons. The molecule has 0 aliphatic rings. The molecule has 0 aliphatic heterocycles. The van der Waals surface area contributed by atoms with Gasteiger partial charge < -0.3 is 14.6 Å². The van der Waals surface area contributed by atoms with Gasteiger partial charge in [-0.15, -0.1) is 0 Å². The highest BCUT2D eigenvalue weighted by Gasteiger charge is 2.11. The number of hydrogen-bond donors (Lipinski definition) is 1. The van der Waals surface area contributed by atoms with Crippen molar-refractivity contribution in [3.63, 3.8) is 0 Å². The van der Waals surface area contributed by atoms with Crippen molar-refractivity contribution in [2.75, 3.05) is 28.0 Å². The molecule has 4 heteroatoms. The maximum Gasteiger partial charge on any atom is 0.127 e. The fourth-order valence-corrected chi connectivity index (χ4v) is 1.58. The second kappa shape index (κ2) is 5.72. The highest BCUT2D eigenvalue weighted by atomic mass is 16.5. The Morgan fingerprint density at radius 1 is 1.25 bits per heavy atom. The number of benzene rings is 1. The lowest BCUT2D eigenvalue weighted by Gasteiger charge is -2.18. The van der Waals surface area contributed by atoms with Crippen LogP contribution in [0.1, 0.15) is 11.1 Å². The Labute approximate surface area is 96.4 Å². The molecule has 16 heavy (non-hydrogen) atoms. The van der Waals surface area contributed by atoms with Crippen LogP contribution in [-0.4, -0.2) is 38.0 Å². The Hall–Kier alpha value is -1.26. The minimum absolute atomic E-state index is 0.0224. The maximum atomic E-state index is 9.01. The predicted molar refractivity (Wildman–Crippen MR) is 62.8 cm³/mol. The highest BCUT2D eigenvalue weighted by molar-refractivity contribution is 5.46. The largest absolute Gasteiger partial charge is 0.497 e. The van der Waals surface area contributed by atoms with E-state index in [1.165, 1.54) is 0 Å². The molecule has 0 aliphatic carbocycles. The second-order valence-corrected chi connectivity index (χ2v) is 3.78. The van der Waals surface area contributed by atoms with Crippen LogP contribution in [0.5, 0.6) is 11.5 Å². The molecule has 0 unspecified atom stereocenters. The Morgan fingerprint density at radius 3 is 2.44 bits per heavy atom. The molecular formula is C12H19NO3. The summed E-state index contributed by atoms with van der Waals surface area (Å²) in [6.07, 6.45) is 0. The molecule has 1 aromatic rings. The fourth-order valence-electron chi connectivity index (χ4n) is 1.58. The van der Waals surface area contributed by atoms with Crippen molar-refractivity contribution in [1.29, 1.82) is 0 Å². The normalized spacial score (nSPS) is 10.6. The summed E-state index contributed by atoms with van der Waals surface area (Å²) in [6, 6.07) is 3.82. The zero-order chi connectivity index (χ0) is 12.1. The van der Waals surface area contributed by atoms with Gasteiger partial charge in [0.1, 0.15) is 11.5 Å². The first kappa shape index (κ1) is 12.8. The number of rotatable bonds is 5. The summed E-state index contributed by atoms with van der Waals surface area (Å²) in [7, 11) is 5.12. The van der Waals surface area contributed by atoms with Crippen LogP contribution in [0.15, 0.2) is 12.1 Å². The lowest BCUT2D eigenvalue weighted by atomic mass is 10.1. The molecule has 1 rings (SSSR count). The summed E-state index contributed by atoms with van der Waals surface area (Å²) < 4.78 is 10.5. The maximum absolute atomic E-state index is 9.01. The van der Waals surface area contributed by atoms with Crippen molar-refractivity contribution < 1.29 is 14.6 Å². The van der Waals surface area contributed by atoms with Crippen molar-refractivity contribution in [3.8, 4) is 11.5 Å². The molecular weight excluding hydrogens is 206 g/mol. The van der Waals surface area contributed by atoms with Gasteiger partial charge in [0.05, 0.1) is 21.0 Å². The van der Waals surface area contributed by atoms with Crippen LogP contribution in [0.2, 0.25) is 0 Å². The topological polar surface area (TPSA) is 41.9 Å². The molecule has 0 amide bonds. The van der Waals surface area contributed by atoms with E-state index in [0.717, 1.165) is 22.6 Å². The standard InChI is InChI=1S/C12H19NO3/c1-9-5-10(15-3)6-12(16-4)11(9)7-13(2)8-14/h5-6,14H,7-8H2,1-4H3. The first-order valence-corrected chi connectivity index (χ1v) is 5.13. The summed E-state index contributed by atoms with van der Waals surface area (Å²) in [6.45, 7) is 2.68. The van der Waals surface area contributed by atoms with Crippen LogP contribution in [0.3, 0.4) is 0 Å². The molecule has 90 valence electrons. The quantitative estimate of drug-likeness (QED) is 0.769. The molecule has 0 bridgehead atoms. The predicted octanol–water partition coefficient (Wildman–Crippen LogP) is 1.39. The summed E-state index contributed by atoms with van der Waals surface area (Å²) in [5, 5.41) is 9.01. The van der Waals surface area contributed by atoms with Gasteiger partial charge >= 0.3 is 0 Å². The molecule has 0 saturated carbocycles. The van der Waals surface area contributed by atoms with Crippen LogP contribution < -0.4 is 9.47 Å². The number of ether oxygens (including phenoxy) is 2. The van der Waals surface area contributed by atoms with Crippen LogP contribution in [0, 0.1) is 6.92 Å². The van der Waals surface area contributed by atoms with Gasteiger partial charge in [0, 0.05) is 18.2 Å². The highest BCUT2D eigenvalue weighted by Crippen LogP contribution is 2.29. The zero-order valence-electron chi connectivity index (χ0n) is 10.3. The fraction of sp³-hybridized carbons (Fsp3) is 0.500. The lowest BCUT2D eigenvalue weighted by molar-refractivity contribution is 0.126. The number of hydrogen-bond acceptors (Lipinski definition) is 4. The summed E-state index contributed by atoms with van der Waals surface area (Å²) in [5.41, 5.74) is 2.16. The Kier molecular flexibility index (Phi) is 4.58. The Balaban J connectivity index is 3.06. The monoisotopic (exact) mass is 225 g/mol. The van der Waals surface area contributed by atoms with E-state index in [1.807, 2.05) is 26.1 Å². The number of aliphatic hydroxyl groups excluding tert-OH is 1. The third-order valence-corrected chi connectivity index (χ3v) is 2.53. The van der Waals surface area contributed by atoms with E-state index < -0.39 is 0 Å². The van der Waals surface area contributed by atoms with E-state index in [2.05, 4.69) is 0 Å². The first-order chi connectivity index (χ1) is 7.62. The molecule has 0 aromatic heterocycles. The van der Waals surface area contributed by atoms with Gasteiger partial charge in [0.15, 0.2) is 0 Å². The van der Waals surface area contributed by atoms with E-state index in [-0.39, 0.29) is 6.73 Å². The van der Waals surface area contributed by atoms with Gasteiger partial charge in [-0.05, 0) is 25.6 Å². The number of aliphatic hydroxyl groups is 1. The van der Waals surface area contributed by atoms with Crippen LogP contribution >= 0.6 is 0 Å². The summed E-state index contributed by atoms with van der Waals surface area (Å²) >= 11 is 0. The van der Waals surface area contributed by atoms with E-state index in [0.29, 0.717) is 6.54 Å². The molecule has 0 saturated heterocycles. The van der Waals surface area contributed by atoms with Gasteiger partial charge in [-0.2, -0.15) is 0 Å². The SMILES string of the molecule is COc1cc(C)c(CN(C)CO)c(OC)c1. The van der Waals surface area contributed by atoms with E-state index in [4.69, 9.17) is 14.6 Å². The molecule has 0 heterocycles. The molecule has 0 atom stereocenters. The molecule has 1 aromatic carbocycles. The van der Waals surface area contributed by atoms with Crippen molar-refractivity contribution in [2.24, 2.45) is 0 Å². The average molecular weight is 225 g/mol. The second-order valence-electron chi connectivity index (χ2n) is 3.78. The van der Waals surface area contributed by atoms with Gasteiger partial charge in [0.2, 0.25) is 0 Å². The average Bonchev–Trinajstić information content (AvgIpc) is 2.30. The molecule has 0 spiro atoms. The lowest BCUT2D eigenvalue weighted by Crippen LogP contribution is -2.19. The third-order valence-electron chi connectivity index (χ3n) is 2.53. The summed E-state index contributed by atoms with van der Waals surface area (Å²) in [5.74, 6) is 1.57. The minimum atomic E-state index is 0.0224. The number of methoxy groups -OCH3 is 2. The van der Waals surface area contributed by atoms with Crippen molar-refractivity contribution in [3.05, 3.63) is 23.3 Å². The van der Waals surface area contributed by atoms with Gasteiger partial charge in [-0.25, -0.2) is 0 Å². The number of aryl methyl sites for hydroxylation is 1.